The van der Waals surface area contributed by atoms with E-state index in [2.05, 4.69) is 0 Å². The molecule has 0 radical (unpaired) electrons. The first kappa shape index (κ1) is 19.2. The molecule has 0 saturated carbocycles. The Morgan fingerprint density at radius 2 is 1.81 bits per heavy atom. The summed E-state index contributed by atoms with van der Waals surface area (Å²) in [7, 11) is 1.54. The minimum absolute atomic E-state index is 0.254. The molecule has 0 bridgehead atoms. The van der Waals surface area contributed by atoms with Crippen LogP contribution in [0, 0.1) is 6.92 Å². The Hall–Kier alpha value is -2.57. The van der Waals surface area contributed by atoms with Crippen LogP contribution >= 0.6 is 11.8 Å². The quantitative estimate of drug-likeness (QED) is 0.669. The number of para-hydroxylation sites is 1. The zero-order valence-electron chi connectivity index (χ0n) is 15.3. The number of thioether (sulfide) groups is 1. The van der Waals surface area contributed by atoms with Gasteiger partial charge in [-0.25, -0.2) is 0 Å². The van der Waals surface area contributed by atoms with Crippen LogP contribution in [0.1, 0.15) is 16.7 Å². The molecule has 2 aromatic carbocycles. The average molecular weight is 383 g/mol. The molecule has 27 heavy (non-hydrogen) atoms. The van der Waals surface area contributed by atoms with Crippen molar-refractivity contribution >= 4 is 29.0 Å². The predicted molar refractivity (Wildman–Crippen MR) is 107 cm³/mol. The first-order chi connectivity index (χ1) is 13.1. The van der Waals surface area contributed by atoms with Crippen LogP contribution in [0.4, 0.5) is 4.79 Å². The predicted octanol–water partition coefficient (Wildman–Crippen LogP) is 4.26. The summed E-state index contributed by atoms with van der Waals surface area (Å²) < 4.78 is 10.9. The van der Waals surface area contributed by atoms with Crippen molar-refractivity contribution in [1.29, 1.82) is 0 Å². The van der Waals surface area contributed by atoms with Gasteiger partial charge in [0.05, 0.1) is 18.1 Å². The van der Waals surface area contributed by atoms with Gasteiger partial charge in [-0.15, -0.1) is 0 Å². The standard InChI is InChI=1S/C21H21NO4S/c1-15-7-9-16(10-8-15)14-26-18-6-4-3-5-17(18)13-19-20(23)22(11-12-25-2)21(24)27-19/h3-10,13H,11-12,14H2,1-2H3/b19-13+. The molecular weight excluding hydrogens is 362 g/mol. The second kappa shape index (κ2) is 8.88. The number of aryl methyl sites for hydroxylation is 1. The Balaban J connectivity index is 1.75. The van der Waals surface area contributed by atoms with E-state index >= 15 is 0 Å². The molecule has 0 atom stereocenters. The lowest BCUT2D eigenvalue weighted by Gasteiger charge is -2.11. The number of nitrogens with zero attached hydrogens (tertiary/aromatic N) is 1. The molecule has 1 saturated heterocycles. The van der Waals surface area contributed by atoms with E-state index in [4.69, 9.17) is 9.47 Å². The van der Waals surface area contributed by atoms with E-state index in [0.29, 0.717) is 23.9 Å². The van der Waals surface area contributed by atoms with Crippen LogP contribution in [0.2, 0.25) is 0 Å². The van der Waals surface area contributed by atoms with Gasteiger partial charge in [-0.2, -0.15) is 0 Å². The van der Waals surface area contributed by atoms with Crippen molar-refractivity contribution in [2.24, 2.45) is 0 Å². The highest BCUT2D eigenvalue weighted by Gasteiger charge is 2.34. The Labute approximate surface area is 163 Å². The summed E-state index contributed by atoms with van der Waals surface area (Å²) in [5, 5.41) is -0.277. The van der Waals surface area contributed by atoms with E-state index in [9.17, 15) is 9.59 Å². The smallest absolute Gasteiger partial charge is 0.293 e. The number of amides is 2. The first-order valence-electron chi connectivity index (χ1n) is 8.60. The molecule has 140 valence electrons. The Morgan fingerprint density at radius 1 is 1.07 bits per heavy atom. The van der Waals surface area contributed by atoms with Gasteiger partial charge in [-0.3, -0.25) is 14.5 Å². The van der Waals surface area contributed by atoms with Crippen molar-refractivity contribution in [1.82, 2.24) is 4.90 Å². The van der Waals surface area contributed by atoms with E-state index in [0.717, 1.165) is 22.9 Å². The zero-order valence-corrected chi connectivity index (χ0v) is 16.1. The van der Waals surface area contributed by atoms with Gasteiger partial charge in [0.1, 0.15) is 12.4 Å². The number of hydrogen-bond donors (Lipinski definition) is 0. The summed E-state index contributed by atoms with van der Waals surface area (Å²) in [6, 6.07) is 15.6. The molecule has 0 aromatic heterocycles. The SMILES string of the molecule is COCCN1C(=O)S/C(=C/c2ccccc2OCc2ccc(C)cc2)C1=O. The lowest BCUT2D eigenvalue weighted by atomic mass is 10.1. The number of imide groups is 1. The Bertz CT molecular complexity index is 861. The topological polar surface area (TPSA) is 55.8 Å². The highest BCUT2D eigenvalue weighted by molar-refractivity contribution is 8.18. The van der Waals surface area contributed by atoms with Crippen LogP contribution < -0.4 is 4.74 Å². The van der Waals surface area contributed by atoms with Crippen molar-refractivity contribution in [2.75, 3.05) is 20.3 Å². The molecule has 1 fully saturated rings. The maximum absolute atomic E-state index is 12.5. The van der Waals surface area contributed by atoms with E-state index in [1.54, 1.807) is 6.08 Å². The third kappa shape index (κ3) is 4.78. The second-order valence-electron chi connectivity index (χ2n) is 6.14. The van der Waals surface area contributed by atoms with Gasteiger partial charge in [-0.05, 0) is 36.4 Å². The highest BCUT2D eigenvalue weighted by Crippen LogP contribution is 2.33. The number of hydrogen-bond acceptors (Lipinski definition) is 5. The van der Waals surface area contributed by atoms with Crippen LogP contribution in [-0.2, 0) is 16.1 Å². The van der Waals surface area contributed by atoms with Gasteiger partial charge in [0.25, 0.3) is 11.1 Å². The Morgan fingerprint density at radius 3 is 2.56 bits per heavy atom. The molecule has 1 aliphatic heterocycles. The minimum atomic E-state index is -0.296. The van der Waals surface area contributed by atoms with Gasteiger partial charge in [0.15, 0.2) is 0 Å². The summed E-state index contributed by atoms with van der Waals surface area (Å²) in [6.45, 7) is 3.05. The lowest BCUT2D eigenvalue weighted by Crippen LogP contribution is -2.31. The van der Waals surface area contributed by atoms with E-state index in [-0.39, 0.29) is 17.7 Å². The molecule has 0 unspecified atom stereocenters. The molecule has 3 rings (SSSR count). The van der Waals surface area contributed by atoms with E-state index in [1.165, 1.54) is 17.6 Å². The molecular formula is C21H21NO4S. The summed E-state index contributed by atoms with van der Waals surface area (Å²) in [6.07, 6.45) is 1.71. The average Bonchev–Trinajstić information content (AvgIpc) is 2.93. The molecule has 2 amide bonds. The number of carbonyl (C=O) groups excluding carboxylic acids is 2. The van der Waals surface area contributed by atoms with E-state index < -0.39 is 0 Å². The van der Waals surface area contributed by atoms with Gasteiger partial charge in [0, 0.05) is 12.7 Å². The lowest BCUT2D eigenvalue weighted by molar-refractivity contribution is -0.123. The van der Waals surface area contributed by atoms with Crippen LogP contribution in [0.3, 0.4) is 0 Å². The molecule has 0 spiro atoms. The van der Waals surface area contributed by atoms with Gasteiger partial charge in [-0.1, -0.05) is 48.0 Å². The van der Waals surface area contributed by atoms with Crippen LogP contribution in [0.15, 0.2) is 53.4 Å². The van der Waals surface area contributed by atoms with Crippen LogP contribution in [0.5, 0.6) is 5.75 Å². The van der Waals surface area contributed by atoms with Gasteiger partial charge in [0.2, 0.25) is 0 Å². The molecule has 5 nitrogen and oxygen atoms in total. The van der Waals surface area contributed by atoms with Crippen molar-refractivity contribution in [2.45, 2.75) is 13.5 Å². The van der Waals surface area contributed by atoms with Crippen molar-refractivity contribution in [3.63, 3.8) is 0 Å². The Kier molecular flexibility index (Phi) is 6.32. The van der Waals surface area contributed by atoms with Crippen molar-refractivity contribution in [3.8, 4) is 5.75 Å². The van der Waals surface area contributed by atoms with Crippen molar-refractivity contribution in [3.05, 3.63) is 70.1 Å². The molecule has 0 N–H and O–H groups in total. The summed E-state index contributed by atoms with van der Waals surface area (Å²) in [5.74, 6) is 0.372. The summed E-state index contributed by atoms with van der Waals surface area (Å²) in [5.41, 5.74) is 3.03. The first-order valence-corrected chi connectivity index (χ1v) is 9.42. The number of ether oxygens (including phenoxy) is 2. The highest BCUT2D eigenvalue weighted by atomic mass is 32.2. The van der Waals surface area contributed by atoms with Gasteiger partial charge < -0.3 is 9.47 Å². The van der Waals surface area contributed by atoms with Crippen LogP contribution in [-0.4, -0.2) is 36.3 Å². The summed E-state index contributed by atoms with van der Waals surface area (Å²) >= 11 is 0.939. The molecule has 0 aliphatic carbocycles. The maximum Gasteiger partial charge on any atom is 0.293 e. The molecule has 6 heteroatoms. The maximum atomic E-state index is 12.5. The monoisotopic (exact) mass is 383 g/mol. The number of methoxy groups -OCH3 is 1. The fraction of sp³-hybridized carbons (Fsp3) is 0.238. The molecule has 2 aromatic rings. The van der Waals surface area contributed by atoms with Crippen LogP contribution in [0.25, 0.3) is 6.08 Å². The number of carbonyl (C=O) groups is 2. The molecule has 1 aliphatic rings. The second-order valence-corrected chi connectivity index (χ2v) is 7.13. The third-order valence-corrected chi connectivity index (χ3v) is 5.02. The molecule has 1 heterocycles. The fourth-order valence-corrected chi connectivity index (χ4v) is 3.45. The third-order valence-electron chi connectivity index (χ3n) is 4.11. The van der Waals surface area contributed by atoms with E-state index in [1.807, 2.05) is 55.5 Å². The largest absolute Gasteiger partial charge is 0.488 e. The van der Waals surface area contributed by atoms with Crippen molar-refractivity contribution < 1.29 is 19.1 Å². The number of benzene rings is 2. The zero-order chi connectivity index (χ0) is 19.2. The summed E-state index contributed by atoms with van der Waals surface area (Å²) in [4.78, 5) is 26.1. The normalized spacial score (nSPS) is 15.6. The fourth-order valence-electron chi connectivity index (χ4n) is 2.59. The number of rotatable bonds is 7. The van der Waals surface area contributed by atoms with Gasteiger partial charge >= 0.3 is 0 Å². The minimum Gasteiger partial charge on any atom is -0.488 e.